The minimum absolute atomic E-state index is 0.0765. The van der Waals surface area contributed by atoms with Crippen molar-refractivity contribution in [1.29, 1.82) is 0 Å². The van der Waals surface area contributed by atoms with Crippen LogP contribution in [0.1, 0.15) is 52.0 Å². The summed E-state index contributed by atoms with van der Waals surface area (Å²) in [5, 5.41) is 9.72. The van der Waals surface area contributed by atoms with Gasteiger partial charge in [0.25, 0.3) is 0 Å². The maximum absolute atomic E-state index is 13.5. The summed E-state index contributed by atoms with van der Waals surface area (Å²) in [5.41, 5.74) is 2.19. The van der Waals surface area contributed by atoms with Crippen LogP contribution in [0.5, 0.6) is 5.75 Å². The molecule has 1 amide bonds. The van der Waals surface area contributed by atoms with Crippen molar-refractivity contribution in [3.05, 3.63) is 29.8 Å². The van der Waals surface area contributed by atoms with Gasteiger partial charge in [0.05, 0.1) is 13.2 Å². The fraction of sp³-hybridized carbons (Fsp3) is 0.609. The number of benzene rings is 1. The van der Waals surface area contributed by atoms with Crippen LogP contribution in [0.3, 0.4) is 0 Å². The second-order valence-electron chi connectivity index (χ2n) is 8.78. The number of nitrogens with zero attached hydrogens (tertiary/aromatic N) is 2. The van der Waals surface area contributed by atoms with E-state index in [-0.39, 0.29) is 36.0 Å². The van der Waals surface area contributed by atoms with Gasteiger partial charge in [-0.2, -0.15) is 4.31 Å². The molecule has 2 aliphatic rings. The summed E-state index contributed by atoms with van der Waals surface area (Å²) in [6.07, 6.45) is 6.11. The number of aliphatic hydroxyl groups excluding tert-OH is 1. The quantitative estimate of drug-likeness (QED) is 0.745. The highest BCUT2D eigenvalue weighted by Crippen LogP contribution is 2.37. The molecular formula is C23H34N2O5S. The van der Waals surface area contributed by atoms with Gasteiger partial charge < -0.3 is 14.7 Å². The molecule has 3 rings (SSSR count). The summed E-state index contributed by atoms with van der Waals surface area (Å²) in [6, 6.07) is 4.73. The Labute approximate surface area is 185 Å². The largest absolute Gasteiger partial charge is 0.487 e. The molecule has 172 valence electrons. The Morgan fingerprint density at radius 3 is 2.71 bits per heavy atom. The van der Waals surface area contributed by atoms with Gasteiger partial charge >= 0.3 is 0 Å². The Morgan fingerprint density at radius 1 is 1.35 bits per heavy atom. The number of rotatable bonds is 5. The predicted octanol–water partition coefficient (Wildman–Crippen LogP) is 2.89. The topological polar surface area (TPSA) is 87.2 Å². The van der Waals surface area contributed by atoms with Gasteiger partial charge in [0.1, 0.15) is 16.7 Å². The molecule has 3 atom stereocenters. The highest BCUT2D eigenvalue weighted by atomic mass is 32.2. The van der Waals surface area contributed by atoms with Crippen LogP contribution in [0.15, 0.2) is 29.2 Å². The predicted molar refractivity (Wildman–Crippen MR) is 120 cm³/mol. The zero-order valence-corrected chi connectivity index (χ0v) is 19.7. The van der Waals surface area contributed by atoms with E-state index in [9.17, 15) is 18.3 Å². The molecule has 1 aliphatic carbocycles. The average Bonchev–Trinajstić information content (AvgIpc) is 2.75. The van der Waals surface area contributed by atoms with E-state index in [1.165, 1.54) is 23.2 Å². The molecule has 0 fully saturated rings. The monoisotopic (exact) mass is 450 g/mol. The van der Waals surface area contributed by atoms with Gasteiger partial charge in [0.2, 0.25) is 15.9 Å². The van der Waals surface area contributed by atoms with E-state index in [0.29, 0.717) is 12.3 Å². The first kappa shape index (κ1) is 23.8. The molecule has 1 aromatic carbocycles. The zero-order chi connectivity index (χ0) is 22.8. The number of carbonyl (C=O) groups is 1. The van der Waals surface area contributed by atoms with E-state index in [0.717, 1.165) is 24.8 Å². The SMILES string of the molecule is CC(=O)N(C)C[C@H]1Oc2cc(C3=CCCCC3)ccc2S(=O)(=O)N([C@@H](C)CO)C[C@H]1C. The summed E-state index contributed by atoms with van der Waals surface area (Å²) in [4.78, 5) is 13.5. The van der Waals surface area contributed by atoms with E-state index < -0.39 is 16.1 Å². The third kappa shape index (κ3) is 5.13. The molecule has 1 aromatic rings. The number of amides is 1. The van der Waals surface area contributed by atoms with E-state index in [2.05, 4.69) is 6.08 Å². The Bertz CT molecular complexity index is 943. The number of ether oxygens (including phenoxy) is 1. The maximum Gasteiger partial charge on any atom is 0.247 e. The first-order valence-electron chi connectivity index (χ1n) is 11.0. The molecule has 1 heterocycles. The maximum atomic E-state index is 13.5. The van der Waals surface area contributed by atoms with Crippen LogP contribution >= 0.6 is 0 Å². The fourth-order valence-electron chi connectivity index (χ4n) is 4.14. The molecule has 0 bridgehead atoms. The number of aliphatic hydroxyl groups is 1. The van der Waals surface area contributed by atoms with Crippen LogP contribution in [0.2, 0.25) is 0 Å². The molecule has 0 saturated heterocycles. The Kier molecular flexibility index (Phi) is 7.44. The van der Waals surface area contributed by atoms with Crippen LogP contribution in [0.25, 0.3) is 5.57 Å². The first-order valence-corrected chi connectivity index (χ1v) is 12.4. The van der Waals surface area contributed by atoms with Crippen molar-refractivity contribution in [3.63, 3.8) is 0 Å². The van der Waals surface area contributed by atoms with Crippen LogP contribution in [0.4, 0.5) is 0 Å². The molecule has 8 heteroatoms. The lowest BCUT2D eigenvalue weighted by molar-refractivity contribution is -0.129. The second-order valence-corrected chi connectivity index (χ2v) is 10.6. The van der Waals surface area contributed by atoms with E-state index in [1.54, 1.807) is 24.9 Å². The summed E-state index contributed by atoms with van der Waals surface area (Å²) in [5.74, 6) is 0.0521. The van der Waals surface area contributed by atoms with Crippen LogP contribution in [0, 0.1) is 5.92 Å². The second kappa shape index (κ2) is 9.71. The highest BCUT2D eigenvalue weighted by molar-refractivity contribution is 7.89. The van der Waals surface area contributed by atoms with Crippen molar-refractivity contribution in [2.45, 2.75) is 63.5 Å². The molecule has 0 spiro atoms. The lowest BCUT2D eigenvalue weighted by Gasteiger charge is -2.37. The molecule has 0 aromatic heterocycles. The van der Waals surface area contributed by atoms with Crippen molar-refractivity contribution in [2.75, 3.05) is 26.7 Å². The Balaban J connectivity index is 2.09. The summed E-state index contributed by atoms with van der Waals surface area (Å²) in [6.45, 7) is 5.40. The molecular weight excluding hydrogens is 416 g/mol. The molecule has 31 heavy (non-hydrogen) atoms. The molecule has 7 nitrogen and oxygen atoms in total. The van der Waals surface area contributed by atoms with Crippen molar-refractivity contribution in [3.8, 4) is 5.75 Å². The smallest absolute Gasteiger partial charge is 0.247 e. The van der Waals surface area contributed by atoms with Crippen molar-refractivity contribution < 1.29 is 23.1 Å². The lowest BCUT2D eigenvalue weighted by Crippen LogP contribution is -2.50. The summed E-state index contributed by atoms with van der Waals surface area (Å²) < 4.78 is 34.7. The van der Waals surface area contributed by atoms with Crippen molar-refractivity contribution in [2.24, 2.45) is 5.92 Å². The van der Waals surface area contributed by atoms with Gasteiger partial charge in [0.15, 0.2) is 0 Å². The molecule has 1 N–H and O–H groups in total. The van der Waals surface area contributed by atoms with Gasteiger partial charge in [-0.25, -0.2) is 8.42 Å². The number of sulfonamides is 1. The normalized spacial score (nSPS) is 24.7. The lowest BCUT2D eigenvalue weighted by atomic mass is 9.93. The zero-order valence-electron chi connectivity index (χ0n) is 18.9. The fourth-order valence-corrected chi connectivity index (χ4v) is 5.97. The number of hydrogen-bond acceptors (Lipinski definition) is 5. The van der Waals surface area contributed by atoms with E-state index in [4.69, 9.17) is 4.74 Å². The molecule has 1 aliphatic heterocycles. The molecule has 0 unspecified atom stereocenters. The standard InChI is InChI=1S/C23H34N2O5S/c1-16-13-25(17(2)15-26)31(28,29)23-11-10-20(19-8-6-5-7-9-19)12-21(23)30-22(16)14-24(4)18(3)27/h8,10-12,16-17,22,26H,5-7,9,13-15H2,1-4H3/t16-,17+,22-/m1/s1. The minimum Gasteiger partial charge on any atom is -0.487 e. The van der Waals surface area contributed by atoms with Gasteiger partial charge in [-0.1, -0.05) is 19.1 Å². The van der Waals surface area contributed by atoms with E-state index >= 15 is 0 Å². The van der Waals surface area contributed by atoms with Crippen molar-refractivity contribution >= 4 is 21.5 Å². The van der Waals surface area contributed by atoms with Crippen LogP contribution in [-0.2, 0) is 14.8 Å². The summed E-state index contributed by atoms with van der Waals surface area (Å²) >= 11 is 0. The number of allylic oxidation sites excluding steroid dienone is 2. The molecule has 0 radical (unpaired) electrons. The number of carbonyl (C=O) groups excluding carboxylic acids is 1. The van der Waals surface area contributed by atoms with E-state index in [1.807, 2.05) is 19.1 Å². The average molecular weight is 451 g/mol. The third-order valence-corrected chi connectivity index (χ3v) is 8.34. The van der Waals surface area contributed by atoms with Gasteiger partial charge in [-0.15, -0.1) is 0 Å². The van der Waals surface area contributed by atoms with Crippen LogP contribution < -0.4 is 4.74 Å². The molecule has 0 saturated carbocycles. The minimum atomic E-state index is -3.85. The van der Waals surface area contributed by atoms with Crippen molar-refractivity contribution in [1.82, 2.24) is 9.21 Å². The number of likely N-dealkylation sites (N-methyl/N-ethyl adjacent to an activating group) is 1. The Hall–Kier alpha value is -1.90. The van der Waals surface area contributed by atoms with Crippen LogP contribution in [-0.4, -0.2) is 67.5 Å². The van der Waals surface area contributed by atoms with Gasteiger partial charge in [0, 0.05) is 32.5 Å². The highest BCUT2D eigenvalue weighted by Gasteiger charge is 2.38. The van der Waals surface area contributed by atoms with Gasteiger partial charge in [-0.05, 0) is 55.9 Å². The van der Waals surface area contributed by atoms with Gasteiger partial charge in [-0.3, -0.25) is 4.79 Å². The number of hydrogen-bond donors (Lipinski definition) is 1. The number of fused-ring (bicyclic) bond motifs is 1. The Morgan fingerprint density at radius 2 is 2.10 bits per heavy atom. The first-order chi connectivity index (χ1) is 14.6. The third-order valence-electron chi connectivity index (χ3n) is 6.32. The summed E-state index contributed by atoms with van der Waals surface area (Å²) in [7, 11) is -2.14.